The Morgan fingerprint density at radius 2 is 2.02 bits per heavy atom. The maximum Gasteiger partial charge on any atom is 0.335 e. The Morgan fingerprint density at radius 1 is 1.19 bits per heavy atom. The van der Waals surface area contributed by atoms with Crippen LogP contribution in [0.4, 0.5) is 4.39 Å². The van der Waals surface area contributed by atoms with E-state index in [1.165, 1.54) is 18.2 Å². The molecule has 0 radical (unpaired) electrons. The highest BCUT2D eigenvalue weighted by molar-refractivity contribution is 6.30. The smallest absolute Gasteiger partial charge is 0.335 e. The largest absolute Gasteiger partial charge is 0.478 e. The normalized spacial score (nSPS) is 21.2. The Labute approximate surface area is 251 Å². The van der Waals surface area contributed by atoms with Crippen LogP contribution in [0.2, 0.25) is 5.02 Å². The predicted octanol–water partition coefficient (Wildman–Crippen LogP) is 5.78. The molecular formula is C32H27ClFN3O6. The average Bonchev–Trinajstić information content (AvgIpc) is 3.47. The number of nitrogens with zero attached hydrogens (tertiary/aromatic N) is 3. The highest BCUT2D eigenvalue weighted by atomic mass is 35.5. The molecule has 4 aromatic rings. The minimum absolute atomic E-state index is 0.0163. The number of halogens is 2. The lowest BCUT2D eigenvalue weighted by molar-refractivity contribution is -0.127. The van der Waals surface area contributed by atoms with Gasteiger partial charge in [0.15, 0.2) is 11.5 Å². The Kier molecular flexibility index (Phi) is 6.63. The van der Waals surface area contributed by atoms with Crippen LogP contribution in [0.1, 0.15) is 47.1 Å². The third kappa shape index (κ3) is 4.90. The first-order valence-electron chi connectivity index (χ1n) is 14.0. The third-order valence-corrected chi connectivity index (χ3v) is 8.43. The summed E-state index contributed by atoms with van der Waals surface area (Å²) in [7, 11) is 0. The molecule has 4 heterocycles. The summed E-state index contributed by atoms with van der Waals surface area (Å²) in [5.74, 6) is -1.57. The van der Waals surface area contributed by atoms with E-state index in [2.05, 4.69) is 0 Å². The van der Waals surface area contributed by atoms with Crippen LogP contribution >= 0.6 is 11.6 Å². The number of carbonyl (C=O) groups excluding carboxylic acids is 1. The predicted molar refractivity (Wildman–Crippen MR) is 156 cm³/mol. The highest BCUT2D eigenvalue weighted by Gasteiger charge is 2.42. The number of aromatic nitrogens is 2. The summed E-state index contributed by atoms with van der Waals surface area (Å²) in [5, 5.41) is 9.78. The molecule has 0 saturated carbocycles. The van der Waals surface area contributed by atoms with E-state index in [0.717, 1.165) is 12.0 Å². The van der Waals surface area contributed by atoms with Crippen LogP contribution < -0.4 is 9.47 Å². The number of para-hydroxylation sites is 1. The second-order valence-electron chi connectivity index (χ2n) is 11.0. The lowest BCUT2D eigenvalue weighted by Gasteiger charge is -2.29. The molecule has 220 valence electrons. The zero-order valence-corrected chi connectivity index (χ0v) is 23.9. The number of hydrogen-bond acceptors (Lipinski definition) is 6. The molecule has 0 spiro atoms. The molecule has 0 bridgehead atoms. The highest BCUT2D eigenvalue weighted by Crippen LogP contribution is 2.49. The van der Waals surface area contributed by atoms with Gasteiger partial charge in [-0.25, -0.2) is 14.2 Å². The Hall–Kier alpha value is -4.41. The van der Waals surface area contributed by atoms with E-state index in [1.54, 1.807) is 42.2 Å². The van der Waals surface area contributed by atoms with Gasteiger partial charge in [0.1, 0.15) is 11.6 Å². The molecule has 11 heteroatoms. The number of fused-ring (bicyclic) bond motifs is 2. The minimum atomic E-state index is -1.40. The zero-order valence-electron chi connectivity index (χ0n) is 23.2. The van der Waals surface area contributed by atoms with Crippen LogP contribution in [0.15, 0.2) is 60.7 Å². The van der Waals surface area contributed by atoms with Crippen molar-refractivity contribution in [3.05, 3.63) is 94.0 Å². The first-order chi connectivity index (χ1) is 20.7. The van der Waals surface area contributed by atoms with Gasteiger partial charge in [-0.3, -0.25) is 4.79 Å². The summed E-state index contributed by atoms with van der Waals surface area (Å²) >= 11 is 5.94. The molecule has 2 atom stereocenters. The van der Waals surface area contributed by atoms with E-state index >= 15 is 0 Å². The lowest BCUT2D eigenvalue weighted by Crippen LogP contribution is -2.36. The fourth-order valence-electron chi connectivity index (χ4n) is 5.83. The van der Waals surface area contributed by atoms with Gasteiger partial charge >= 0.3 is 5.97 Å². The standard InChI is InChI=1S/C32H27ClFN3O6/c1-32(23-7-6-20(33)15-24(23)34)42-27-4-2-3-22(30(27)43-32)18-9-11-36(29(38)14-18)17-28-35-25-8-5-19(31(39)40)13-26(25)37(28)16-21-10-12-41-21/h2-8,13-15,21H,9-12,16-17H2,1H3,(H,39,40)/t21-,32+/m0/s1. The molecule has 1 fully saturated rings. The van der Waals surface area contributed by atoms with Gasteiger partial charge in [-0.2, -0.15) is 0 Å². The van der Waals surface area contributed by atoms with Gasteiger partial charge in [0, 0.05) is 36.7 Å². The molecule has 1 amide bonds. The number of aromatic carboxylic acids is 1. The first-order valence-corrected chi connectivity index (χ1v) is 14.4. The van der Waals surface area contributed by atoms with Crippen molar-refractivity contribution in [3.8, 4) is 11.5 Å². The van der Waals surface area contributed by atoms with Gasteiger partial charge in [0.2, 0.25) is 5.91 Å². The number of benzene rings is 3. The van der Waals surface area contributed by atoms with Crippen molar-refractivity contribution < 1.29 is 33.3 Å². The molecule has 3 aliphatic heterocycles. The van der Waals surface area contributed by atoms with Crippen molar-refractivity contribution in [2.75, 3.05) is 13.2 Å². The van der Waals surface area contributed by atoms with Gasteiger partial charge in [-0.1, -0.05) is 23.7 Å². The van der Waals surface area contributed by atoms with E-state index in [4.69, 9.17) is 30.8 Å². The second kappa shape index (κ2) is 10.4. The average molecular weight is 604 g/mol. The minimum Gasteiger partial charge on any atom is -0.478 e. The molecule has 1 saturated heterocycles. The number of amides is 1. The van der Waals surface area contributed by atoms with Crippen LogP contribution in [0.25, 0.3) is 16.6 Å². The van der Waals surface area contributed by atoms with E-state index in [-0.39, 0.29) is 34.7 Å². The van der Waals surface area contributed by atoms with Crippen LogP contribution in [0, 0.1) is 5.82 Å². The topological polar surface area (TPSA) is 103 Å². The second-order valence-corrected chi connectivity index (χ2v) is 11.5. The maximum atomic E-state index is 14.8. The number of carbonyl (C=O) groups is 2. The van der Waals surface area contributed by atoms with Gasteiger partial charge in [0.25, 0.3) is 5.79 Å². The van der Waals surface area contributed by atoms with Crippen molar-refractivity contribution in [2.45, 2.75) is 44.7 Å². The van der Waals surface area contributed by atoms with Crippen molar-refractivity contribution in [2.24, 2.45) is 0 Å². The van der Waals surface area contributed by atoms with Crippen molar-refractivity contribution >= 4 is 40.1 Å². The Balaban J connectivity index is 1.15. The molecule has 0 unspecified atom stereocenters. The van der Waals surface area contributed by atoms with Crippen molar-refractivity contribution in [1.29, 1.82) is 0 Å². The number of rotatable bonds is 7. The van der Waals surface area contributed by atoms with E-state index in [0.29, 0.717) is 60.0 Å². The van der Waals surface area contributed by atoms with Crippen LogP contribution in [-0.4, -0.2) is 50.7 Å². The summed E-state index contributed by atoms with van der Waals surface area (Å²) in [4.78, 5) is 31.5. The van der Waals surface area contributed by atoms with Gasteiger partial charge < -0.3 is 28.8 Å². The van der Waals surface area contributed by atoms with E-state index in [9.17, 15) is 19.1 Å². The van der Waals surface area contributed by atoms with Gasteiger partial charge in [-0.05, 0) is 60.9 Å². The fourth-order valence-corrected chi connectivity index (χ4v) is 5.99. The molecule has 3 aromatic carbocycles. The van der Waals surface area contributed by atoms with Crippen LogP contribution in [0.3, 0.4) is 0 Å². The third-order valence-electron chi connectivity index (χ3n) is 8.19. The molecular weight excluding hydrogens is 577 g/mol. The SMILES string of the molecule is C[C@@]1(c2ccc(Cl)cc2F)Oc2cccc(C3=CC(=O)N(Cc4nc5ccc(C(=O)O)cc5n4C[C@@H]4CCO4)CC3)c2O1. The monoisotopic (exact) mass is 603 g/mol. The maximum absolute atomic E-state index is 14.8. The number of imidazole rings is 1. The summed E-state index contributed by atoms with van der Waals surface area (Å²) in [5.41, 5.74) is 3.24. The van der Waals surface area contributed by atoms with Gasteiger partial charge in [0.05, 0.1) is 41.4 Å². The Bertz CT molecular complexity index is 1830. The number of hydrogen-bond donors (Lipinski definition) is 1. The Morgan fingerprint density at radius 3 is 2.74 bits per heavy atom. The number of carboxylic acids is 1. The van der Waals surface area contributed by atoms with E-state index < -0.39 is 17.6 Å². The summed E-state index contributed by atoms with van der Waals surface area (Å²) in [6.45, 7) is 3.55. The van der Waals surface area contributed by atoms with E-state index in [1.807, 2.05) is 16.7 Å². The van der Waals surface area contributed by atoms with Crippen LogP contribution in [0.5, 0.6) is 11.5 Å². The molecule has 0 aliphatic carbocycles. The molecule has 1 N–H and O–H groups in total. The van der Waals surface area contributed by atoms with Crippen molar-refractivity contribution in [1.82, 2.24) is 14.5 Å². The summed E-state index contributed by atoms with van der Waals surface area (Å²) < 4.78 is 34.7. The molecule has 9 nitrogen and oxygen atoms in total. The first kappa shape index (κ1) is 27.4. The fraction of sp³-hybridized carbons (Fsp3) is 0.281. The molecule has 3 aliphatic rings. The number of carboxylic acid groups (broad SMARTS) is 1. The summed E-state index contributed by atoms with van der Waals surface area (Å²) in [6, 6.07) is 14.6. The summed E-state index contributed by atoms with van der Waals surface area (Å²) in [6.07, 6.45) is 3.06. The zero-order chi connectivity index (χ0) is 29.9. The lowest BCUT2D eigenvalue weighted by atomic mass is 9.98. The molecule has 43 heavy (non-hydrogen) atoms. The van der Waals surface area contributed by atoms with Crippen LogP contribution in [-0.2, 0) is 28.4 Å². The molecule has 7 rings (SSSR count). The quantitative estimate of drug-likeness (QED) is 0.286. The van der Waals surface area contributed by atoms with Gasteiger partial charge in [-0.15, -0.1) is 0 Å². The van der Waals surface area contributed by atoms with Crippen molar-refractivity contribution in [3.63, 3.8) is 0 Å². The number of ether oxygens (including phenoxy) is 3. The molecule has 1 aromatic heterocycles.